The molecule has 1 heterocycles. The van der Waals surface area contributed by atoms with Crippen LogP contribution in [0, 0.1) is 0 Å². The molecule has 0 aromatic carbocycles. The Kier molecular flexibility index (Phi) is 6.21. The number of hydrogen-bond acceptors (Lipinski definition) is 7. The first-order chi connectivity index (χ1) is 13.0. The molecule has 0 bridgehead atoms. The van der Waals surface area contributed by atoms with Crippen molar-refractivity contribution in [3.63, 3.8) is 0 Å². The number of nitrogens with zero attached hydrogens (tertiary/aromatic N) is 2. The summed E-state index contributed by atoms with van der Waals surface area (Å²) in [5.74, 6) is 0.511. The van der Waals surface area contributed by atoms with Crippen molar-refractivity contribution in [3.8, 4) is 0 Å². The molecule has 2 aliphatic rings. The van der Waals surface area contributed by atoms with Crippen LogP contribution in [-0.2, 0) is 17.6 Å². The minimum absolute atomic E-state index is 0.0220. The molecule has 1 atom stereocenters. The Morgan fingerprint density at radius 2 is 1.93 bits per heavy atom. The van der Waals surface area contributed by atoms with Crippen LogP contribution < -0.4 is 0 Å². The van der Waals surface area contributed by atoms with Crippen LogP contribution in [0.4, 0.5) is 0 Å². The van der Waals surface area contributed by atoms with Gasteiger partial charge in [0, 0.05) is 37.8 Å². The van der Waals surface area contributed by atoms with E-state index in [9.17, 15) is 19.8 Å². The zero-order valence-electron chi connectivity index (χ0n) is 15.7. The maximum Gasteiger partial charge on any atom is 0.168 e. The van der Waals surface area contributed by atoms with E-state index < -0.39 is 0 Å². The van der Waals surface area contributed by atoms with Crippen molar-refractivity contribution in [2.75, 3.05) is 6.61 Å². The van der Waals surface area contributed by atoms with Gasteiger partial charge in [0.25, 0.3) is 0 Å². The highest BCUT2D eigenvalue weighted by molar-refractivity contribution is 6.24. The van der Waals surface area contributed by atoms with E-state index in [1.165, 1.54) is 0 Å². The highest BCUT2D eigenvalue weighted by atomic mass is 16.5. The largest absolute Gasteiger partial charge is 0.511 e. The van der Waals surface area contributed by atoms with Gasteiger partial charge in [0.2, 0.25) is 0 Å². The molecule has 1 aromatic heterocycles. The highest BCUT2D eigenvalue weighted by Gasteiger charge is 2.28. The van der Waals surface area contributed by atoms with Gasteiger partial charge in [0.1, 0.15) is 11.5 Å². The molecule has 0 amide bonds. The van der Waals surface area contributed by atoms with Crippen molar-refractivity contribution in [2.45, 2.75) is 70.8 Å². The van der Waals surface area contributed by atoms with Crippen LogP contribution >= 0.6 is 0 Å². The number of aliphatic hydroxyl groups is 2. The normalized spacial score (nSPS) is 22.1. The zero-order chi connectivity index (χ0) is 19.4. The molecule has 0 aliphatic heterocycles. The lowest BCUT2D eigenvalue weighted by Gasteiger charge is -2.19. The number of hydrogen-bond donors (Lipinski definition) is 2. The van der Waals surface area contributed by atoms with Crippen LogP contribution in [0.15, 0.2) is 20.8 Å². The Hall–Kier alpha value is -2.28. The molecule has 0 spiro atoms. The number of Topliss-reactive ketones (excluding diaryl/α,β-unsaturated/α-hetero) is 2. The van der Waals surface area contributed by atoms with Gasteiger partial charge in [0.15, 0.2) is 11.6 Å². The highest BCUT2D eigenvalue weighted by Crippen LogP contribution is 2.27. The van der Waals surface area contributed by atoms with E-state index in [4.69, 9.17) is 4.52 Å². The average molecular weight is 374 g/mol. The molecule has 0 radical (unpaired) electrons. The lowest BCUT2D eigenvalue weighted by atomic mass is 9.88. The summed E-state index contributed by atoms with van der Waals surface area (Å²) in [5, 5.41) is 24.0. The van der Waals surface area contributed by atoms with Crippen molar-refractivity contribution in [2.24, 2.45) is 4.99 Å². The lowest BCUT2D eigenvalue weighted by molar-refractivity contribution is -0.115. The quantitative estimate of drug-likeness (QED) is 0.585. The molecule has 2 N–H and O–H groups in total. The summed E-state index contributed by atoms with van der Waals surface area (Å²) >= 11 is 0. The number of carbonyl (C=O) groups excluding carboxylic acids is 2. The molecule has 0 saturated heterocycles. The first-order valence-corrected chi connectivity index (χ1v) is 9.69. The van der Waals surface area contributed by atoms with Crippen molar-refractivity contribution in [1.29, 1.82) is 0 Å². The molecule has 1 saturated carbocycles. The predicted octanol–water partition coefficient (Wildman–Crippen LogP) is 2.90. The second kappa shape index (κ2) is 8.61. The lowest BCUT2D eigenvalue weighted by Crippen LogP contribution is -2.24. The molecule has 7 heteroatoms. The summed E-state index contributed by atoms with van der Waals surface area (Å²) in [7, 11) is 0. The predicted molar refractivity (Wildman–Crippen MR) is 99.2 cm³/mol. The third kappa shape index (κ3) is 4.18. The van der Waals surface area contributed by atoms with E-state index in [0.717, 1.165) is 6.42 Å². The summed E-state index contributed by atoms with van der Waals surface area (Å²) in [6, 6.07) is -0.270. The number of rotatable bonds is 6. The van der Waals surface area contributed by atoms with Crippen molar-refractivity contribution >= 4 is 17.3 Å². The number of aliphatic imine (C=N–C) groups is 1. The third-order valence-electron chi connectivity index (χ3n) is 5.21. The van der Waals surface area contributed by atoms with Gasteiger partial charge in [-0.15, -0.1) is 0 Å². The fourth-order valence-corrected chi connectivity index (χ4v) is 3.68. The van der Waals surface area contributed by atoms with Gasteiger partial charge >= 0.3 is 0 Å². The molecule has 1 unspecified atom stereocenters. The number of aryl methyl sites for hydroxylation is 2. The maximum atomic E-state index is 12.4. The number of carbonyl (C=O) groups is 2. The Morgan fingerprint density at radius 1 is 1.19 bits per heavy atom. The van der Waals surface area contributed by atoms with Crippen LogP contribution in [0.3, 0.4) is 0 Å². The van der Waals surface area contributed by atoms with Gasteiger partial charge in [-0.3, -0.25) is 14.6 Å². The summed E-state index contributed by atoms with van der Waals surface area (Å²) < 4.78 is 5.27. The van der Waals surface area contributed by atoms with Gasteiger partial charge in [-0.25, -0.2) is 0 Å². The summed E-state index contributed by atoms with van der Waals surface area (Å²) in [5.41, 5.74) is 1.94. The van der Waals surface area contributed by atoms with Gasteiger partial charge < -0.3 is 14.7 Å². The van der Waals surface area contributed by atoms with Gasteiger partial charge in [0.05, 0.1) is 29.5 Å². The van der Waals surface area contributed by atoms with E-state index in [0.29, 0.717) is 67.7 Å². The minimum Gasteiger partial charge on any atom is -0.511 e. The number of aliphatic hydroxyl groups excluding tert-OH is 2. The van der Waals surface area contributed by atoms with E-state index >= 15 is 0 Å². The van der Waals surface area contributed by atoms with Gasteiger partial charge in [-0.1, -0.05) is 12.1 Å². The van der Waals surface area contributed by atoms with Crippen LogP contribution in [0.2, 0.25) is 0 Å². The summed E-state index contributed by atoms with van der Waals surface area (Å²) in [6.07, 6.45) is 4.84. The van der Waals surface area contributed by atoms with E-state index in [1.54, 1.807) is 0 Å². The monoisotopic (exact) mass is 374 g/mol. The molecule has 2 aliphatic carbocycles. The van der Waals surface area contributed by atoms with Crippen LogP contribution in [-0.4, -0.2) is 45.3 Å². The standard InChI is InChI=1S/C20H26N2O5/c1-2-12(11-23)21-13-5-3-6-15(24)19(13)17(26)10-9-14-20-16(25)7-4-8-18(20)27-22-14/h12,23,26H,2-11H2,1H3/b19-17-,21-13?. The molecule has 27 heavy (non-hydrogen) atoms. The van der Waals surface area contributed by atoms with Crippen LogP contribution in [0.25, 0.3) is 0 Å². The number of allylic oxidation sites excluding steroid dienone is 2. The molecular weight excluding hydrogens is 348 g/mol. The van der Waals surface area contributed by atoms with Crippen molar-refractivity contribution in [3.05, 3.63) is 28.3 Å². The summed E-state index contributed by atoms with van der Waals surface area (Å²) in [4.78, 5) is 29.0. The SMILES string of the molecule is CCC(CO)N=C1CCCC(=O)/C1=C(\O)CCc1noc2c1C(=O)CCC2. The second-order valence-corrected chi connectivity index (χ2v) is 7.12. The number of aromatic nitrogens is 1. The average Bonchev–Trinajstić information content (AvgIpc) is 3.08. The van der Waals surface area contributed by atoms with E-state index in [2.05, 4.69) is 10.1 Å². The fourth-order valence-electron chi connectivity index (χ4n) is 3.68. The molecule has 3 rings (SSSR count). The zero-order valence-corrected chi connectivity index (χ0v) is 15.7. The Bertz CT molecular complexity index is 786. The third-order valence-corrected chi connectivity index (χ3v) is 5.21. The first-order valence-electron chi connectivity index (χ1n) is 9.69. The van der Waals surface area contributed by atoms with Crippen LogP contribution in [0.1, 0.15) is 73.7 Å². The van der Waals surface area contributed by atoms with Crippen LogP contribution in [0.5, 0.6) is 0 Å². The molecule has 146 valence electrons. The molecule has 1 aromatic rings. The Morgan fingerprint density at radius 3 is 2.67 bits per heavy atom. The van der Waals surface area contributed by atoms with Crippen molar-refractivity contribution < 1.29 is 24.3 Å². The van der Waals surface area contributed by atoms with Crippen molar-refractivity contribution in [1.82, 2.24) is 5.16 Å². The number of fused-ring (bicyclic) bond motifs is 1. The number of ketones is 2. The minimum atomic E-state index is -0.270. The fraction of sp³-hybridized carbons (Fsp3) is 0.600. The Balaban J connectivity index is 1.82. The maximum absolute atomic E-state index is 12.4. The van der Waals surface area contributed by atoms with Gasteiger partial charge in [-0.2, -0.15) is 0 Å². The van der Waals surface area contributed by atoms with Gasteiger partial charge in [-0.05, 0) is 25.7 Å². The molecular formula is C20H26N2O5. The second-order valence-electron chi connectivity index (χ2n) is 7.12. The van der Waals surface area contributed by atoms with E-state index in [-0.39, 0.29) is 42.0 Å². The van der Waals surface area contributed by atoms with E-state index in [1.807, 2.05) is 6.92 Å². The first kappa shape index (κ1) is 19.5. The molecule has 7 nitrogen and oxygen atoms in total. The summed E-state index contributed by atoms with van der Waals surface area (Å²) in [6.45, 7) is 1.83. The Labute approximate surface area is 158 Å². The smallest absolute Gasteiger partial charge is 0.168 e. The topological polar surface area (TPSA) is 113 Å². The molecule has 1 fully saturated rings.